The van der Waals surface area contributed by atoms with Gasteiger partial charge < -0.3 is 10.1 Å². The van der Waals surface area contributed by atoms with Crippen molar-refractivity contribution in [2.75, 3.05) is 26.0 Å². The quantitative estimate of drug-likeness (QED) is 0.779. The molecule has 0 aliphatic carbocycles. The van der Waals surface area contributed by atoms with Gasteiger partial charge in [0.1, 0.15) is 0 Å². The molecule has 0 radical (unpaired) electrons. The first-order chi connectivity index (χ1) is 12.3. The molecule has 0 fully saturated rings. The smallest absolute Gasteiger partial charge is 0.337 e. The van der Waals surface area contributed by atoms with Crippen molar-refractivity contribution in [3.05, 3.63) is 59.7 Å². The van der Waals surface area contributed by atoms with E-state index in [1.165, 1.54) is 32.4 Å². The highest BCUT2D eigenvalue weighted by molar-refractivity contribution is 7.89. The van der Waals surface area contributed by atoms with Crippen molar-refractivity contribution in [1.82, 2.24) is 4.31 Å². The number of methoxy groups -OCH3 is 1. The third-order valence-electron chi connectivity index (χ3n) is 3.75. The largest absolute Gasteiger partial charge is 0.465 e. The fraction of sp³-hybridized carbons (Fsp3) is 0.222. The molecule has 2 aromatic rings. The molecule has 0 saturated heterocycles. The number of likely N-dealkylation sites (N-methyl/N-ethyl adjacent to an activating group) is 1. The Kier molecular flexibility index (Phi) is 6.12. The van der Waals surface area contributed by atoms with Gasteiger partial charge in [0.05, 0.1) is 24.1 Å². The van der Waals surface area contributed by atoms with E-state index in [-0.39, 0.29) is 11.4 Å². The zero-order valence-electron chi connectivity index (χ0n) is 14.7. The molecule has 1 amide bonds. The highest BCUT2D eigenvalue weighted by atomic mass is 32.2. The molecular formula is C18H20N2O5S. The monoisotopic (exact) mass is 376 g/mol. The number of anilines is 1. The first-order valence-corrected chi connectivity index (χ1v) is 9.20. The van der Waals surface area contributed by atoms with Gasteiger partial charge >= 0.3 is 5.97 Å². The van der Waals surface area contributed by atoms with Crippen LogP contribution in [0.3, 0.4) is 0 Å². The average molecular weight is 376 g/mol. The maximum Gasteiger partial charge on any atom is 0.337 e. The van der Waals surface area contributed by atoms with Gasteiger partial charge in [0, 0.05) is 12.7 Å². The summed E-state index contributed by atoms with van der Waals surface area (Å²) in [4.78, 5) is 24.0. The Hall–Kier alpha value is -2.71. The highest BCUT2D eigenvalue weighted by Crippen LogP contribution is 2.18. The minimum Gasteiger partial charge on any atom is -0.465 e. The van der Waals surface area contributed by atoms with Gasteiger partial charge in [-0.2, -0.15) is 4.31 Å². The van der Waals surface area contributed by atoms with Crippen LogP contribution in [0.25, 0.3) is 0 Å². The standard InChI is InChI=1S/C18H20N2O5S/c1-13-9-10-14(18(22)25-3)11-16(13)19-17(21)12-20(2)26(23,24)15-7-5-4-6-8-15/h4-11H,12H2,1-3H3,(H,19,21). The van der Waals surface area contributed by atoms with E-state index in [2.05, 4.69) is 10.1 Å². The number of esters is 1. The first kappa shape index (κ1) is 19.6. The number of hydrogen-bond acceptors (Lipinski definition) is 5. The molecule has 2 rings (SSSR count). The van der Waals surface area contributed by atoms with Crippen molar-refractivity contribution < 1.29 is 22.7 Å². The summed E-state index contributed by atoms with van der Waals surface area (Å²) in [6.45, 7) is 1.40. The second-order valence-electron chi connectivity index (χ2n) is 5.64. The molecule has 138 valence electrons. The van der Waals surface area contributed by atoms with Crippen molar-refractivity contribution in [3.8, 4) is 0 Å². The number of amides is 1. The minimum atomic E-state index is -3.76. The summed E-state index contributed by atoms with van der Waals surface area (Å²) in [5, 5.41) is 2.63. The van der Waals surface area contributed by atoms with Crippen LogP contribution in [0, 0.1) is 6.92 Å². The van der Waals surface area contributed by atoms with Crippen LogP contribution in [0.2, 0.25) is 0 Å². The van der Waals surface area contributed by atoms with Gasteiger partial charge in [-0.05, 0) is 36.8 Å². The molecule has 0 heterocycles. The minimum absolute atomic E-state index is 0.110. The molecule has 0 bridgehead atoms. The van der Waals surface area contributed by atoms with Crippen molar-refractivity contribution in [2.45, 2.75) is 11.8 Å². The number of nitrogens with zero attached hydrogens (tertiary/aromatic N) is 1. The fourth-order valence-corrected chi connectivity index (χ4v) is 3.40. The van der Waals surface area contributed by atoms with Gasteiger partial charge in [-0.15, -0.1) is 0 Å². The summed E-state index contributed by atoms with van der Waals surface area (Å²) >= 11 is 0. The van der Waals surface area contributed by atoms with E-state index >= 15 is 0 Å². The predicted molar refractivity (Wildman–Crippen MR) is 97.4 cm³/mol. The van der Waals surface area contributed by atoms with Gasteiger partial charge in [-0.1, -0.05) is 24.3 Å². The van der Waals surface area contributed by atoms with E-state index in [4.69, 9.17) is 0 Å². The molecule has 0 aromatic heterocycles. The summed E-state index contributed by atoms with van der Waals surface area (Å²) in [5.74, 6) is -1.04. The lowest BCUT2D eigenvalue weighted by Gasteiger charge is -2.17. The van der Waals surface area contributed by atoms with E-state index < -0.39 is 21.9 Å². The highest BCUT2D eigenvalue weighted by Gasteiger charge is 2.23. The maximum atomic E-state index is 12.5. The van der Waals surface area contributed by atoms with Crippen molar-refractivity contribution in [2.24, 2.45) is 0 Å². The Bertz CT molecular complexity index is 910. The Morgan fingerprint density at radius 1 is 1.12 bits per heavy atom. The molecule has 7 nitrogen and oxygen atoms in total. The van der Waals surface area contributed by atoms with Gasteiger partial charge in [0.25, 0.3) is 0 Å². The van der Waals surface area contributed by atoms with Gasteiger partial charge in [0.15, 0.2) is 0 Å². The van der Waals surface area contributed by atoms with Crippen LogP contribution in [0.1, 0.15) is 15.9 Å². The Morgan fingerprint density at radius 2 is 1.77 bits per heavy atom. The lowest BCUT2D eigenvalue weighted by molar-refractivity contribution is -0.116. The Labute approximate surface area is 152 Å². The van der Waals surface area contributed by atoms with E-state index in [9.17, 15) is 18.0 Å². The SMILES string of the molecule is COC(=O)c1ccc(C)c(NC(=O)CN(C)S(=O)(=O)c2ccccc2)c1. The summed E-state index contributed by atoms with van der Waals surface area (Å²) in [6.07, 6.45) is 0. The van der Waals surface area contributed by atoms with Crippen LogP contribution >= 0.6 is 0 Å². The van der Waals surface area contributed by atoms with Crippen molar-refractivity contribution in [3.63, 3.8) is 0 Å². The van der Waals surface area contributed by atoms with Gasteiger partial charge in [0.2, 0.25) is 15.9 Å². The van der Waals surface area contributed by atoms with Crippen molar-refractivity contribution >= 4 is 27.6 Å². The zero-order chi connectivity index (χ0) is 19.3. The Balaban J connectivity index is 2.13. The van der Waals surface area contributed by atoms with Crippen molar-refractivity contribution in [1.29, 1.82) is 0 Å². The molecule has 0 saturated carbocycles. The average Bonchev–Trinajstić information content (AvgIpc) is 2.63. The second-order valence-corrected chi connectivity index (χ2v) is 7.69. The lowest BCUT2D eigenvalue weighted by Crippen LogP contribution is -2.35. The van der Waals surface area contributed by atoms with E-state index in [0.717, 1.165) is 9.87 Å². The van der Waals surface area contributed by atoms with Crippen LogP contribution in [-0.4, -0.2) is 45.3 Å². The van der Waals surface area contributed by atoms with Gasteiger partial charge in [-0.25, -0.2) is 13.2 Å². The fourth-order valence-electron chi connectivity index (χ4n) is 2.25. The number of ether oxygens (including phenoxy) is 1. The summed E-state index contributed by atoms with van der Waals surface area (Å²) in [6, 6.07) is 12.6. The number of benzene rings is 2. The summed E-state index contributed by atoms with van der Waals surface area (Å²) in [5.41, 5.74) is 1.45. The number of sulfonamides is 1. The van der Waals surface area contributed by atoms with Crippen LogP contribution in [0.5, 0.6) is 0 Å². The van der Waals surface area contributed by atoms with Crippen LogP contribution in [-0.2, 0) is 19.6 Å². The number of rotatable bonds is 6. The zero-order valence-corrected chi connectivity index (χ0v) is 15.5. The molecule has 0 aliphatic heterocycles. The molecule has 0 unspecified atom stereocenters. The number of nitrogens with one attached hydrogen (secondary N) is 1. The van der Waals surface area contributed by atoms with Crippen LogP contribution < -0.4 is 5.32 Å². The Morgan fingerprint density at radius 3 is 2.38 bits per heavy atom. The van der Waals surface area contributed by atoms with E-state index in [0.29, 0.717) is 11.3 Å². The first-order valence-electron chi connectivity index (χ1n) is 7.76. The molecule has 2 aromatic carbocycles. The summed E-state index contributed by atoms with van der Waals surface area (Å²) < 4.78 is 30.5. The molecule has 0 aliphatic rings. The number of aryl methyl sites for hydroxylation is 1. The molecule has 26 heavy (non-hydrogen) atoms. The number of hydrogen-bond donors (Lipinski definition) is 1. The maximum absolute atomic E-state index is 12.5. The number of carbonyl (C=O) groups is 2. The molecule has 8 heteroatoms. The van der Waals surface area contributed by atoms with E-state index in [1.54, 1.807) is 37.3 Å². The topological polar surface area (TPSA) is 92.8 Å². The lowest BCUT2D eigenvalue weighted by atomic mass is 10.1. The third kappa shape index (κ3) is 4.47. The number of carbonyl (C=O) groups excluding carboxylic acids is 2. The molecule has 0 atom stereocenters. The second kappa shape index (κ2) is 8.11. The summed E-state index contributed by atoms with van der Waals surface area (Å²) in [7, 11) is -1.16. The van der Waals surface area contributed by atoms with Gasteiger partial charge in [-0.3, -0.25) is 4.79 Å². The normalized spacial score (nSPS) is 11.2. The van der Waals surface area contributed by atoms with Crippen LogP contribution in [0.4, 0.5) is 5.69 Å². The molecule has 1 N–H and O–H groups in total. The van der Waals surface area contributed by atoms with E-state index in [1.807, 2.05) is 0 Å². The molecular weight excluding hydrogens is 356 g/mol. The van der Waals surface area contributed by atoms with Crippen LogP contribution in [0.15, 0.2) is 53.4 Å². The molecule has 0 spiro atoms. The third-order valence-corrected chi connectivity index (χ3v) is 5.57. The predicted octanol–water partition coefficient (Wildman–Crippen LogP) is 2.04.